The van der Waals surface area contributed by atoms with Gasteiger partial charge in [-0.3, -0.25) is 9.69 Å². The fraction of sp³-hybridized carbons (Fsp3) is 0.615. The van der Waals surface area contributed by atoms with Crippen LogP contribution in [0.25, 0.3) is 0 Å². The Hall–Kier alpha value is -1.13. The zero-order valence-corrected chi connectivity index (χ0v) is 10.1. The molecule has 17 heavy (non-hydrogen) atoms. The van der Waals surface area contributed by atoms with Crippen LogP contribution in [0.5, 0.6) is 0 Å². The lowest BCUT2D eigenvalue weighted by molar-refractivity contribution is 0.0911. The summed E-state index contributed by atoms with van der Waals surface area (Å²) in [6.07, 6.45) is 5.92. The molecule has 1 aliphatic rings. The number of carbonyl (C=O) groups excluding carboxylic acids is 1. The summed E-state index contributed by atoms with van der Waals surface area (Å²) in [4.78, 5) is 17.2. The normalized spacial score (nSPS) is 20.9. The van der Waals surface area contributed by atoms with Gasteiger partial charge in [-0.15, -0.1) is 0 Å². The SMILES string of the molecule is O=C(CN1CCCC1CCCO)c1ccc[nH]1. The van der Waals surface area contributed by atoms with Crippen molar-refractivity contribution in [3.05, 3.63) is 24.0 Å². The molecule has 0 aromatic carbocycles. The molecule has 0 radical (unpaired) electrons. The van der Waals surface area contributed by atoms with Gasteiger partial charge in [0, 0.05) is 18.8 Å². The van der Waals surface area contributed by atoms with E-state index in [2.05, 4.69) is 9.88 Å². The van der Waals surface area contributed by atoms with Gasteiger partial charge >= 0.3 is 0 Å². The molecule has 1 fully saturated rings. The number of hydrogen-bond acceptors (Lipinski definition) is 3. The first kappa shape index (κ1) is 12.3. The highest BCUT2D eigenvalue weighted by Crippen LogP contribution is 2.21. The quantitative estimate of drug-likeness (QED) is 0.735. The molecule has 0 aliphatic carbocycles. The molecule has 2 rings (SSSR count). The minimum Gasteiger partial charge on any atom is -0.396 e. The van der Waals surface area contributed by atoms with Gasteiger partial charge in [0.1, 0.15) is 0 Å². The van der Waals surface area contributed by atoms with E-state index in [4.69, 9.17) is 5.11 Å². The van der Waals surface area contributed by atoms with Crippen molar-refractivity contribution in [1.82, 2.24) is 9.88 Å². The summed E-state index contributed by atoms with van der Waals surface area (Å²) in [6, 6.07) is 4.14. The smallest absolute Gasteiger partial charge is 0.192 e. The summed E-state index contributed by atoms with van der Waals surface area (Å²) >= 11 is 0. The summed E-state index contributed by atoms with van der Waals surface area (Å²) in [6.45, 7) is 1.74. The zero-order valence-electron chi connectivity index (χ0n) is 10.1. The molecule has 1 aliphatic heterocycles. The molecule has 0 bridgehead atoms. The van der Waals surface area contributed by atoms with E-state index in [0.29, 0.717) is 18.3 Å². The number of aliphatic hydroxyl groups is 1. The first-order valence-corrected chi connectivity index (χ1v) is 6.33. The third kappa shape index (κ3) is 3.17. The van der Waals surface area contributed by atoms with Gasteiger partial charge in [0.25, 0.3) is 0 Å². The molecule has 2 N–H and O–H groups in total. The van der Waals surface area contributed by atoms with E-state index in [0.717, 1.165) is 32.2 Å². The molecule has 1 unspecified atom stereocenters. The second-order valence-electron chi connectivity index (χ2n) is 4.64. The number of likely N-dealkylation sites (tertiary alicyclic amines) is 1. The molecule has 0 spiro atoms. The zero-order chi connectivity index (χ0) is 12.1. The minimum atomic E-state index is 0.158. The number of rotatable bonds is 6. The van der Waals surface area contributed by atoms with Crippen LogP contribution in [0.2, 0.25) is 0 Å². The molecular formula is C13H20N2O2. The van der Waals surface area contributed by atoms with Crippen LogP contribution in [0, 0.1) is 0 Å². The van der Waals surface area contributed by atoms with Crippen molar-refractivity contribution >= 4 is 5.78 Å². The van der Waals surface area contributed by atoms with Crippen LogP contribution in [0.4, 0.5) is 0 Å². The molecule has 0 saturated carbocycles. The number of Topliss-reactive ketones (excluding diaryl/α,β-unsaturated/α-hetero) is 1. The predicted octanol–water partition coefficient (Wildman–Crippen LogP) is 1.43. The van der Waals surface area contributed by atoms with E-state index < -0.39 is 0 Å². The average Bonchev–Trinajstić information content (AvgIpc) is 2.97. The van der Waals surface area contributed by atoms with Gasteiger partial charge < -0.3 is 10.1 Å². The van der Waals surface area contributed by atoms with Crippen molar-refractivity contribution in [1.29, 1.82) is 0 Å². The van der Waals surface area contributed by atoms with Crippen molar-refractivity contribution in [2.24, 2.45) is 0 Å². The number of hydrogen-bond donors (Lipinski definition) is 2. The summed E-state index contributed by atoms with van der Waals surface area (Å²) in [5.41, 5.74) is 0.692. The van der Waals surface area contributed by atoms with E-state index in [1.807, 2.05) is 12.1 Å². The van der Waals surface area contributed by atoms with Gasteiger partial charge in [-0.05, 0) is 44.4 Å². The Balaban J connectivity index is 1.87. The van der Waals surface area contributed by atoms with Crippen molar-refractivity contribution in [2.75, 3.05) is 19.7 Å². The summed E-state index contributed by atoms with van der Waals surface area (Å²) in [7, 11) is 0. The molecule has 1 atom stereocenters. The van der Waals surface area contributed by atoms with Crippen LogP contribution in [0.15, 0.2) is 18.3 Å². The Bertz CT molecular complexity index is 348. The summed E-state index contributed by atoms with van der Waals surface area (Å²) < 4.78 is 0. The fourth-order valence-corrected chi connectivity index (χ4v) is 2.53. The van der Waals surface area contributed by atoms with Crippen LogP contribution >= 0.6 is 0 Å². The van der Waals surface area contributed by atoms with Crippen LogP contribution in [0.3, 0.4) is 0 Å². The fourth-order valence-electron chi connectivity index (χ4n) is 2.53. The summed E-state index contributed by atoms with van der Waals surface area (Å²) in [5, 5.41) is 8.85. The first-order valence-electron chi connectivity index (χ1n) is 6.33. The maximum absolute atomic E-state index is 12.0. The van der Waals surface area contributed by atoms with E-state index in [1.54, 1.807) is 6.20 Å². The van der Waals surface area contributed by atoms with Crippen LogP contribution in [-0.4, -0.2) is 46.5 Å². The molecule has 0 amide bonds. The number of aromatic amines is 1. The van der Waals surface area contributed by atoms with Crippen molar-refractivity contribution < 1.29 is 9.90 Å². The van der Waals surface area contributed by atoms with Crippen molar-refractivity contribution in [2.45, 2.75) is 31.7 Å². The third-order valence-electron chi connectivity index (χ3n) is 3.44. The molecule has 1 aromatic heterocycles. The highest BCUT2D eigenvalue weighted by Gasteiger charge is 2.26. The van der Waals surface area contributed by atoms with Crippen LogP contribution in [0.1, 0.15) is 36.2 Å². The van der Waals surface area contributed by atoms with Gasteiger partial charge in [0.2, 0.25) is 0 Å². The molecule has 1 aromatic rings. The topological polar surface area (TPSA) is 56.3 Å². The Kier molecular flexibility index (Phi) is 4.34. The van der Waals surface area contributed by atoms with Gasteiger partial charge in [0.15, 0.2) is 5.78 Å². The Labute approximate surface area is 102 Å². The molecule has 4 heteroatoms. The molecule has 1 saturated heterocycles. The average molecular weight is 236 g/mol. The minimum absolute atomic E-state index is 0.158. The van der Waals surface area contributed by atoms with Crippen molar-refractivity contribution in [3.63, 3.8) is 0 Å². The third-order valence-corrected chi connectivity index (χ3v) is 3.44. The monoisotopic (exact) mass is 236 g/mol. The lowest BCUT2D eigenvalue weighted by Gasteiger charge is -2.23. The molecule has 2 heterocycles. The lowest BCUT2D eigenvalue weighted by atomic mass is 10.1. The lowest BCUT2D eigenvalue weighted by Crippen LogP contribution is -2.34. The standard InChI is InChI=1S/C13H20N2O2/c16-9-3-5-11-4-2-8-15(11)10-13(17)12-6-1-7-14-12/h1,6-7,11,14,16H,2-5,8-10H2. The highest BCUT2D eigenvalue weighted by atomic mass is 16.2. The number of nitrogens with one attached hydrogen (secondary N) is 1. The van der Waals surface area contributed by atoms with E-state index in [9.17, 15) is 4.79 Å². The van der Waals surface area contributed by atoms with Gasteiger partial charge in [-0.2, -0.15) is 0 Å². The molecular weight excluding hydrogens is 216 g/mol. The summed E-state index contributed by atoms with van der Waals surface area (Å²) in [5.74, 6) is 0.158. The Morgan fingerprint density at radius 3 is 3.18 bits per heavy atom. The molecule has 94 valence electrons. The number of ketones is 1. The van der Waals surface area contributed by atoms with Gasteiger partial charge in [-0.25, -0.2) is 0 Å². The highest BCUT2D eigenvalue weighted by molar-refractivity contribution is 5.95. The Morgan fingerprint density at radius 2 is 2.47 bits per heavy atom. The second-order valence-corrected chi connectivity index (χ2v) is 4.64. The number of aliphatic hydroxyl groups excluding tert-OH is 1. The van der Waals surface area contributed by atoms with Crippen LogP contribution in [-0.2, 0) is 0 Å². The maximum atomic E-state index is 12.0. The van der Waals surface area contributed by atoms with Gasteiger partial charge in [-0.1, -0.05) is 0 Å². The predicted molar refractivity (Wildman–Crippen MR) is 66.0 cm³/mol. The molecule has 4 nitrogen and oxygen atoms in total. The first-order chi connectivity index (χ1) is 8.31. The largest absolute Gasteiger partial charge is 0.396 e. The number of H-pyrrole nitrogens is 1. The van der Waals surface area contributed by atoms with E-state index in [-0.39, 0.29) is 12.4 Å². The van der Waals surface area contributed by atoms with E-state index in [1.165, 1.54) is 0 Å². The number of carbonyl (C=O) groups is 1. The number of aromatic nitrogens is 1. The van der Waals surface area contributed by atoms with Crippen molar-refractivity contribution in [3.8, 4) is 0 Å². The van der Waals surface area contributed by atoms with Gasteiger partial charge in [0.05, 0.1) is 12.2 Å². The number of nitrogens with zero attached hydrogens (tertiary/aromatic N) is 1. The van der Waals surface area contributed by atoms with Crippen LogP contribution < -0.4 is 0 Å². The van der Waals surface area contributed by atoms with E-state index >= 15 is 0 Å². The second kappa shape index (κ2) is 5.98. The Morgan fingerprint density at radius 1 is 1.59 bits per heavy atom. The maximum Gasteiger partial charge on any atom is 0.192 e.